The van der Waals surface area contributed by atoms with E-state index in [1.54, 1.807) is 0 Å². The Morgan fingerprint density at radius 3 is 2.73 bits per heavy atom. The molecule has 3 rings (SSSR count). The van der Waals surface area contributed by atoms with Gasteiger partial charge in [-0.25, -0.2) is 0 Å². The number of nitrogens with one attached hydrogen (secondary N) is 1. The average molecular weight is 372 g/mol. The van der Waals surface area contributed by atoms with Crippen molar-refractivity contribution in [3.63, 3.8) is 0 Å². The number of carbonyl (C=O) groups excluding carboxylic acids is 2. The third-order valence-electron chi connectivity index (χ3n) is 4.63. The molecule has 1 aliphatic rings. The molecule has 3 N–H and O–H groups in total. The Bertz CT molecular complexity index is 811. The summed E-state index contributed by atoms with van der Waals surface area (Å²) in [5, 5.41) is 3.44. The molecule has 0 saturated carbocycles. The minimum atomic E-state index is -0.469. The lowest BCUT2D eigenvalue weighted by Gasteiger charge is -2.18. The van der Waals surface area contributed by atoms with Gasteiger partial charge < -0.3 is 15.8 Å². The van der Waals surface area contributed by atoms with Crippen molar-refractivity contribution in [3.8, 4) is 5.75 Å². The van der Waals surface area contributed by atoms with Gasteiger partial charge in [-0.1, -0.05) is 24.6 Å². The van der Waals surface area contributed by atoms with Crippen LogP contribution >= 0.6 is 11.3 Å². The van der Waals surface area contributed by atoms with Crippen LogP contribution in [-0.4, -0.2) is 18.4 Å². The second kappa shape index (κ2) is 7.91. The molecular formula is C20H24N2O3S. The Balaban J connectivity index is 1.62. The summed E-state index contributed by atoms with van der Waals surface area (Å²) in [5.74, 6) is 0.685. The maximum atomic E-state index is 12.3. The van der Waals surface area contributed by atoms with Crippen molar-refractivity contribution in [1.82, 2.24) is 0 Å². The van der Waals surface area contributed by atoms with Crippen LogP contribution in [0, 0.1) is 12.8 Å². The predicted molar refractivity (Wildman–Crippen MR) is 104 cm³/mol. The zero-order valence-corrected chi connectivity index (χ0v) is 15.9. The molecular weight excluding hydrogens is 348 g/mol. The fraction of sp³-hybridized carbons (Fsp3) is 0.400. The summed E-state index contributed by atoms with van der Waals surface area (Å²) in [6.07, 6.45) is 3.04. The Morgan fingerprint density at radius 1 is 1.31 bits per heavy atom. The van der Waals surface area contributed by atoms with Crippen molar-refractivity contribution in [2.45, 2.75) is 39.5 Å². The molecule has 1 heterocycles. The molecule has 0 bridgehead atoms. The lowest BCUT2D eigenvalue weighted by Crippen LogP contribution is -2.20. The molecule has 1 aliphatic carbocycles. The molecule has 1 aromatic carbocycles. The first-order chi connectivity index (χ1) is 12.4. The predicted octanol–water partition coefficient (Wildman–Crippen LogP) is 3.69. The van der Waals surface area contributed by atoms with E-state index in [1.165, 1.54) is 16.2 Å². The van der Waals surface area contributed by atoms with E-state index >= 15 is 0 Å². The van der Waals surface area contributed by atoms with Gasteiger partial charge in [-0.3, -0.25) is 9.59 Å². The van der Waals surface area contributed by atoms with Gasteiger partial charge in [-0.15, -0.1) is 11.3 Å². The van der Waals surface area contributed by atoms with Gasteiger partial charge in [0.05, 0.1) is 18.6 Å². The minimum absolute atomic E-state index is 0.175. The van der Waals surface area contributed by atoms with Crippen LogP contribution in [0.25, 0.3) is 0 Å². The fourth-order valence-electron chi connectivity index (χ4n) is 3.18. The Hall–Kier alpha value is -2.34. The third kappa shape index (κ3) is 4.25. The summed E-state index contributed by atoms with van der Waals surface area (Å²) in [4.78, 5) is 25.3. The molecule has 0 spiro atoms. The number of anilines is 1. The molecule has 5 nitrogen and oxygen atoms in total. The van der Waals surface area contributed by atoms with Gasteiger partial charge in [-0.05, 0) is 49.8 Å². The van der Waals surface area contributed by atoms with Gasteiger partial charge in [0.1, 0.15) is 10.8 Å². The van der Waals surface area contributed by atoms with E-state index in [4.69, 9.17) is 10.5 Å². The molecule has 0 saturated heterocycles. The number of rotatable bonds is 6. The van der Waals surface area contributed by atoms with Gasteiger partial charge in [0.15, 0.2) is 0 Å². The summed E-state index contributed by atoms with van der Waals surface area (Å²) in [6, 6.07) is 7.69. The van der Waals surface area contributed by atoms with Crippen molar-refractivity contribution < 1.29 is 14.3 Å². The van der Waals surface area contributed by atoms with Crippen molar-refractivity contribution >= 4 is 28.2 Å². The first kappa shape index (κ1) is 18.5. The number of carbonyl (C=O) groups is 2. The Kier molecular flexibility index (Phi) is 5.61. The number of hydrogen-bond acceptors (Lipinski definition) is 4. The molecule has 138 valence electrons. The molecule has 0 fully saturated rings. The molecule has 0 aliphatic heterocycles. The van der Waals surface area contributed by atoms with E-state index < -0.39 is 5.91 Å². The number of aryl methyl sites for hydroxylation is 1. The summed E-state index contributed by atoms with van der Waals surface area (Å²) in [5.41, 5.74) is 8.24. The van der Waals surface area contributed by atoms with Crippen molar-refractivity contribution in [1.29, 1.82) is 0 Å². The molecule has 1 atom stereocenters. The van der Waals surface area contributed by atoms with Gasteiger partial charge in [0.25, 0.3) is 5.91 Å². The van der Waals surface area contributed by atoms with Crippen LogP contribution in [0.15, 0.2) is 24.3 Å². The van der Waals surface area contributed by atoms with Crippen LogP contribution in [-0.2, 0) is 17.6 Å². The molecule has 2 amide bonds. The highest BCUT2D eigenvalue weighted by molar-refractivity contribution is 7.17. The molecule has 0 radical (unpaired) electrons. The molecule has 6 heteroatoms. The standard InChI is InChI=1S/C20H24N2O3S/c1-12-3-6-14(7-4-12)25-10-9-17(23)22-20-18(19(21)24)15-8-5-13(2)11-16(15)26-20/h3-4,6-7,13H,5,8-11H2,1-2H3,(H2,21,24)(H,22,23). The first-order valence-electron chi connectivity index (χ1n) is 8.87. The van der Waals surface area contributed by atoms with Gasteiger partial charge in [0, 0.05) is 4.88 Å². The highest BCUT2D eigenvalue weighted by Crippen LogP contribution is 2.39. The Labute approximate surface area is 157 Å². The fourth-order valence-corrected chi connectivity index (χ4v) is 4.62. The highest BCUT2D eigenvalue weighted by atomic mass is 32.1. The van der Waals surface area contributed by atoms with Gasteiger partial charge >= 0.3 is 0 Å². The SMILES string of the molecule is Cc1ccc(OCCC(=O)Nc2sc3c(c2C(N)=O)CCC(C)C3)cc1. The minimum Gasteiger partial charge on any atom is -0.493 e. The number of nitrogens with two attached hydrogens (primary N) is 1. The van der Waals surface area contributed by atoms with Crippen LogP contribution in [0.5, 0.6) is 5.75 Å². The highest BCUT2D eigenvalue weighted by Gasteiger charge is 2.27. The van der Waals surface area contributed by atoms with Gasteiger partial charge in [-0.2, -0.15) is 0 Å². The van der Waals surface area contributed by atoms with Crippen LogP contribution in [0.2, 0.25) is 0 Å². The van der Waals surface area contributed by atoms with Crippen LogP contribution in [0.1, 0.15) is 46.1 Å². The average Bonchev–Trinajstić information content (AvgIpc) is 2.93. The van der Waals surface area contributed by atoms with Crippen molar-refractivity contribution in [3.05, 3.63) is 45.8 Å². The van der Waals surface area contributed by atoms with Crippen LogP contribution in [0.4, 0.5) is 5.00 Å². The van der Waals surface area contributed by atoms with E-state index in [-0.39, 0.29) is 18.9 Å². The number of fused-ring (bicyclic) bond motifs is 1. The van der Waals surface area contributed by atoms with E-state index in [0.29, 0.717) is 16.5 Å². The van der Waals surface area contributed by atoms with E-state index in [2.05, 4.69) is 12.2 Å². The zero-order valence-electron chi connectivity index (χ0n) is 15.1. The largest absolute Gasteiger partial charge is 0.493 e. The number of thiophene rings is 1. The van der Waals surface area contributed by atoms with Crippen molar-refractivity contribution in [2.24, 2.45) is 11.7 Å². The number of primary amides is 1. The molecule has 2 aromatic rings. The lowest BCUT2D eigenvalue weighted by molar-refractivity contribution is -0.116. The summed E-state index contributed by atoms with van der Waals surface area (Å²) < 4.78 is 5.59. The number of amides is 2. The second-order valence-corrected chi connectivity index (χ2v) is 7.99. The normalized spacial score (nSPS) is 16.0. The second-order valence-electron chi connectivity index (χ2n) is 6.88. The maximum Gasteiger partial charge on any atom is 0.251 e. The monoisotopic (exact) mass is 372 g/mol. The van der Waals surface area contributed by atoms with Crippen molar-refractivity contribution in [2.75, 3.05) is 11.9 Å². The zero-order chi connectivity index (χ0) is 18.7. The third-order valence-corrected chi connectivity index (χ3v) is 5.80. The van der Waals surface area contributed by atoms with E-state index in [9.17, 15) is 9.59 Å². The molecule has 1 unspecified atom stereocenters. The number of benzene rings is 1. The topological polar surface area (TPSA) is 81.4 Å². The quantitative estimate of drug-likeness (QED) is 0.811. The van der Waals surface area contributed by atoms with Gasteiger partial charge in [0.2, 0.25) is 5.91 Å². The summed E-state index contributed by atoms with van der Waals surface area (Å²) >= 11 is 1.48. The van der Waals surface area contributed by atoms with Crippen LogP contribution < -0.4 is 15.8 Å². The van der Waals surface area contributed by atoms with Crippen LogP contribution in [0.3, 0.4) is 0 Å². The molecule has 1 aromatic heterocycles. The summed E-state index contributed by atoms with van der Waals surface area (Å²) in [6.45, 7) is 4.49. The smallest absolute Gasteiger partial charge is 0.251 e. The number of ether oxygens (including phenoxy) is 1. The molecule has 26 heavy (non-hydrogen) atoms. The number of hydrogen-bond donors (Lipinski definition) is 2. The summed E-state index contributed by atoms with van der Waals surface area (Å²) in [7, 11) is 0. The van der Waals surface area contributed by atoms with E-state index in [0.717, 1.165) is 36.1 Å². The lowest BCUT2D eigenvalue weighted by atomic mass is 9.88. The first-order valence-corrected chi connectivity index (χ1v) is 9.69. The Morgan fingerprint density at radius 2 is 2.04 bits per heavy atom. The van der Waals surface area contributed by atoms with E-state index in [1.807, 2.05) is 31.2 Å². The maximum absolute atomic E-state index is 12.3.